The number of alkyl halides is 2. The number of sulfonamides is 1. The molecular formula is C17H18F3N5O2S. The maximum Gasteiger partial charge on any atom is 0.265 e. The maximum absolute atomic E-state index is 14.5. The highest BCUT2D eigenvalue weighted by Crippen LogP contribution is 2.38. The van der Waals surface area contributed by atoms with E-state index in [2.05, 4.69) is 15.1 Å². The van der Waals surface area contributed by atoms with Gasteiger partial charge >= 0.3 is 0 Å². The van der Waals surface area contributed by atoms with Crippen molar-refractivity contribution in [3.63, 3.8) is 0 Å². The van der Waals surface area contributed by atoms with Crippen molar-refractivity contribution in [2.24, 2.45) is 13.0 Å². The number of H-pyrrole nitrogens is 1. The smallest absolute Gasteiger partial charge is 0.265 e. The number of aromatic nitrogens is 4. The van der Waals surface area contributed by atoms with Crippen molar-refractivity contribution < 1.29 is 21.6 Å². The molecule has 0 aliphatic carbocycles. The summed E-state index contributed by atoms with van der Waals surface area (Å²) in [4.78, 5) is 6.72. The topological polar surface area (TPSA) is 83.9 Å². The Balaban J connectivity index is 1.88. The number of hydrogen-bond donors (Lipinski definition) is 1. The monoisotopic (exact) mass is 413 g/mol. The van der Waals surface area contributed by atoms with Crippen LogP contribution in [0.1, 0.15) is 12.5 Å². The van der Waals surface area contributed by atoms with Gasteiger partial charge in [0.2, 0.25) is 0 Å². The van der Waals surface area contributed by atoms with Crippen LogP contribution in [0, 0.1) is 18.7 Å². The van der Waals surface area contributed by atoms with Crippen LogP contribution >= 0.6 is 0 Å². The molecule has 0 amide bonds. The zero-order chi connectivity index (χ0) is 20.4. The molecule has 1 aliphatic rings. The summed E-state index contributed by atoms with van der Waals surface area (Å²) in [5.74, 6) is -4.54. The van der Waals surface area contributed by atoms with Gasteiger partial charge in [0.25, 0.3) is 15.9 Å². The third kappa shape index (κ3) is 2.80. The molecule has 1 N–H and O–H groups in total. The van der Waals surface area contributed by atoms with Crippen molar-refractivity contribution in [1.29, 1.82) is 0 Å². The molecule has 0 unspecified atom stereocenters. The van der Waals surface area contributed by atoms with Crippen LogP contribution in [0.5, 0.6) is 0 Å². The predicted molar refractivity (Wildman–Crippen MR) is 95.9 cm³/mol. The molecule has 0 bridgehead atoms. The molecule has 0 spiro atoms. The molecule has 0 radical (unpaired) electrons. The molecule has 28 heavy (non-hydrogen) atoms. The maximum atomic E-state index is 14.5. The third-order valence-corrected chi connectivity index (χ3v) is 6.80. The normalized spacial score (nSPS) is 20.3. The van der Waals surface area contributed by atoms with E-state index < -0.39 is 34.2 Å². The number of aryl methyl sites for hydroxylation is 2. The van der Waals surface area contributed by atoms with Crippen LogP contribution < -0.4 is 0 Å². The highest BCUT2D eigenvalue weighted by atomic mass is 32.2. The first-order chi connectivity index (χ1) is 13.0. The first-order valence-corrected chi connectivity index (χ1v) is 10.0. The molecular weight excluding hydrogens is 395 g/mol. The minimum absolute atomic E-state index is 0.0365. The van der Waals surface area contributed by atoms with Crippen molar-refractivity contribution in [3.8, 4) is 11.4 Å². The summed E-state index contributed by atoms with van der Waals surface area (Å²) in [5, 5.41) is 4.15. The molecule has 3 aromatic rings. The highest BCUT2D eigenvalue weighted by Gasteiger charge is 2.49. The lowest BCUT2D eigenvalue weighted by molar-refractivity contribution is -0.0177. The van der Waals surface area contributed by atoms with Gasteiger partial charge in [0.05, 0.1) is 12.1 Å². The van der Waals surface area contributed by atoms with Gasteiger partial charge < -0.3 is 4.98 Å². The Hall–Kier alpha value is -2.40. The van der Waals surface area contributed by atoms with Gasteiger partial charge in [-0.2, -0.15) is 9.40 Å². The fraction of sp³-hybridized carbons (Fsp3) is 0.412. The van der Waals surface area contributed by atoms with E-state index in [1.165, 1.54) is 30.1 Å². The Morgan fingerprint density at radius 3 is 2.61 bits per heavy atom. The molecule has 2 aromatic heterocycles. The van der Waals surface area contributed by atoms with E-state index in [9.17, 15) is 21.6 Å². The Morgan fingerprint density at radius 1 is 1.32 bits per heavy atom. The van der Waals surface area contributed by atoms with E-state index in [0.29, 0.717) is 17.0 Å². The van der Waals surface area contributed by atoms with Crippen molar-refractivity contribution in [1.82, 2.24) is 24.1 Å². The number of aromatic amines is 1. The van der Waals surface area contributed by atoms with E-state index in [4.69, 9.17) is 0 Å². The second-order valence-electron chi connectivity index (χ2n) is 7.17. The predicted octanol–water partition coefficient (Wildman–Crippen LogP) is 2.69. The molecule has 1 aromatic carbocycles. The largest absolute Gasteiger partial charge is 0.342 e. The zero-order valence-electron chi connectivity index (χ0n) is 15.4. The number of rotatable bonds is 3. The quantitative estimate of drug-likeness (QED) is 0.716. The number of benzene rings is 1. The summed E-state index contributed by atoms with van der Waals surface area (Å²) in [7, 11) is -2.57. The molecule has 3 heterocycles. The molecule has 150 valence electrons. The standard InChI is InChI=1S/C17H18F3N5O2S/c1-9-4-12(18)15-11(14(9)16-21-8-24(3)23-16)5-13(22-15)28(26,27)25-6-10(2)17(19,20)7-25/h4-5,8,10,22H,6-7H2,1-3H3/t10-/m0/s1. The van der Waals surface area contributed by atoms with Gasteiger partial charge in [0, 0.05) is 30.5 Å². The second-order valence-corrected chi connectivity index (χ2v) is 9.08. The Kier molecular flexibility index (Phi) is 4.09. The third-order valence-electron chi connectivity index (χ3n) is 5.07. The fourth-order valence-electron chi connectivity index (χ4n) is 3.47. The van der Waals surface area contributed by atoms with Crippen molar-refractivity contribution in [2.45, 2.75) is 24.8 Å². The number of fused-ring (bicyclic) bond motifs is 1. The molecule has 11 heteroatoms. The molecule has 0 saturated carbocycles. The first kappa shape index (κ1) is 18.9. The lowest BCUT2D eigenvalue weighted by Gasteiger charge is -2.14. The zero-order valence-corrected chi connectivity index (χ0v) is 16.2. The van der Waals surface area contributed by atoms with Crippen molar-refractivity contribution >= 4 is 20.9 Å². The Morgan fingerprint density at radius 2 is 2.04 bits per heavy atom. The van der Waals surface area contributed by atoms with Crippen LogP contribution in [0.3, 0.4) is 0 Å². The summed E-state index contributed by atoms with van der Waals surface area (Å²) in [6.07, 6.45) is 1.47. The second kappa shape index (κ2) is 6.05. The summed E-state index contributed by atoms with van der Waals surface area (Å²) >= 11 is 0. The number of nitrogens with one attached hydrogen (secondary N) is 1. The summed E-state index contributed by atoms with van der Waals surface area (Å²) in [5.41, 5.74) is 0.973. The average molecular weight is 413 g/mol. The summed E-state index contributed by atoms with van der Waals surface area (Å²) < 4.78 is 70.2. The van der Waals surface area contributed by atoms with Crippen LogP contribution in [0.25, 0.3) is 22.3 Å². The van der Waals surface area contributed by atoms with Crippen LogP contribution in [-0.4, -0.2) is 51.5 Å². The molecule has 1 aliphatic heterocycles. The summed E-state index contributed by atoms with van der Waals surface area (Å²) in [6, 6.07) is 2.51. The van der Waals surface area contributed by atoms with Crippen LogP contribution in [-0.2, 0) is 17.1 Å². The Bertz CT molecular complexity index is 1190. The van der Waals surface area contributed by atoms with Crippen molar-refractivity contribution in [3.05, 3.63) is 29.8 Å². The van der Waals surface area contributed by atoms with Gasteiger partial charge in [-0.1, -0.05) is 6.92 Å². The van der Waals surface area contributed by atoms with E-state index in [-0.39, 0.29) is 22.5 Å². The Labute approximate surface area is 159 Å². The van der Waals surface area contributed by atoms with Crippen LogP contribution in [0.15, 0.2) is 23.5 Å². The first-order valence-electron chi connectivity index (χ1n) is 8.56. The molecule has 1 atom stereocenters. The van der Waals surface area contributed by atoms with Crippen molar-refractivity contribution in [2.75, 3.05) is 13.1 Å². The van der Waals surface area contributed by atoms with Gasteiger partial charge in [-0.05, 0) is 24.6 Å². The SMILES string of the molecule is Cc1cc(F)c2[nH]c(S(=O)(=O)N3C[C@H](C)C(F)(F)C3)cc2c1-c1ncn(C)n1. The number of halogens is 3. The number of nitrogens with zero attached hydrogens (tertiary/aromatic N) is 4. The minimum Gasteiger partial charge on any atom is -0.342 e. The molecule has 1 saturated heterocycles. The lowest BCUT2D eigenvalue weighted by Crippen LogP contribution is -2.31. The van der Waals surface area contributed by atoms with Gasteiger partial charge in [0.15, 0.2) is 5.82 Å². The summed E-state index contributed by atoms with van der Waals surface area (Å²) in [6.45, 7) is 1.76. The van der Waals surface area contributed by atoms with Crippen LogP contribution in [0.2, 0.25) is 0 Å². The van der Waals surface area contributed by atoms with Gasteiger partial charge in [0.1, 0.15) is 17.2 Å². The minimum atomic E-state index is -4.24. The number of hydrogen-bond acceptors (Lipinski definition) is 4. The molecule has 4 rings (SSSR count). The highest BCUT2D eigenvalue weighted by molar-refractivity contribution is 7.89. The van der Waals surface area contributed by atoms with Gasteiger partial charge in [-0.3, -0.25) is 4.68 Å². The average Bonchev–Trinajstić information content (AvgIpc) is 3.27. The fourth-order valence-corrected chi connectivity index (χ4v) is 5.01. The van der Waals surface area contributed by atoms with E-state index in [0.717, 1.165) is 4.31 Å². The van der Waals surface area contributed by atoms with E-state index >= 15 is 0 Å². The van der Waals surface area contributed by atoms with Gasteiger partial charge in [-0.15, -0.1) is 0 Å². The van der Waals surface area contributed by atoms with Crippen LogP contribution in [0.4, 0.5) is 13.2 Å². The lowest BCUT2D eigenvalue weighted by atomic mass is 10.0. The molecule has 1 fully saturated rings. The van der Waals surface area contributed by atoms with E-state index in [1.807, 2.05) is 0 Å². The van der Waals surface area contributed by atoms with E-state index in [1.54, 1.807) is 14.0 Å². The van der Waals surface area contributed by atoms with Gasteiger partial charge in [-0.25, -0.2) is 26.6 Å². The molecule has 7 nitrogen and oxygen atoms in total.